The van der Waals surface area contributed by atoms with Gasteiger partial charge in [0.15, 0.2) is 0 Å². The molecule has 1 amide bonds. The van der Waals surface area contributed by atoms with Crippen molar-refractivity contribution in [1.82, 2.24) is 10.5 Å². The Morgan fingerprint density at radius 3 is 2.88 bits per heavy atom. The summed E-state index contributed by atoms with van der Waals surface area (Å²) in [6, 6.07) is 6.01. The third-order valence-corrected chi connectivity index (χ3v) is 5.03. The molecule has 0 aliphatic heterocycles. The molecule has 1 aliphatic carbocycles. The van der Waals surface area contributed by atoms with Crippen LogP contribution in [0.25, 0.3) is 0 Å². The molecule has 126 valence electrons. The molecule has 0 bridgehead atoms. The van der Waals surface area contributed by atoms with Crippen LogP contribution in [0.4, 0.5) is 8.78 Å². The van der Waals surface area contributed by atoms with Crippen LogP contribution >= 0.6 is 0 Å². The summed E-state index contributed by atoms with van der Waals surface area (Å²) in [5.41, 5.74) is 2.33. The van der Waals surface area contributed by atoms with E-state index in [1.54, 1.807) is 30.7 Å². The van der Waals surface area contributed by atoms with Crippen LogP contribution in [-0.4, -0.2) is 16.1 Å². The van der Waals surface area contributed by atoms with Crippen molar-refractivity contribution in [1.29, 1.82) is 0 Å². The van der Waals surface area contributed by atoms with E-state index in [1.807, 2.05) is 0 Å². The van der Waals surface area contributed by atoms with Gasteiger partial charge in [-0.25, -0.2) is 14.3 Å². The first kappa shape index (κ1) is 16.5. The average molecular weight is 332 g/mol. The molecule has 3 rings (SSSR count). The number of nitrogens with one attached hydrogen (secondary N) is 1. The topological polar surface area (TPSA) is 62.2 Å². The highest BCUT2D eigenvalue weighted by Crippen LogP contribution is 2.49. The monoisotopic (exact) mass is 332 g/mol. The average Bonchev–Trinajstić information content (AvgIpc) is 3.03. The molecule has 24 heavy (non-hydrogen) atoms. The number of carbonyl (C=O) groups is 1. The summed E-state index contributed by atoms with van der Waals surface area (Å²) in [6.07, 6.45) is 4.12. The summed E-state index contributed by atoms with van der Waals surface area (Å²) >= 11 is 0. The van der Waals surface area contributed by atoms with Crippen molar-refractivity contribution in [3.8, 4) is 0 Å². The van der Waals surface area contributed by atoms with Gasteiger partial charge in [0, 0.05) is 6.20 Å². The van der Waals surface area contributed by atoms with Gasteiger partial charge in [-0.2, -0.15) is 0 Å². The maximum atomic E-state index is 14.0. The smallest absolute Gasteiger partial charge is 0.254 e. The van der Waals surface area contributed by atoms with Crippen molar-refractivity contribution in [3.63, 3.8) is 0 Å². The number of hydrogen-bond acceptors (Lipinski definition) is 3. The minimum Gasteiger partial charge on any atom is -0.289 e. The Morgan fingerprint density at radius 1 is 1.38 bits per heavy atom. The lowest BCUT2D eigenvalue weighted by Crippen LogP contribution is -2.42. The zero-order valence-electron chi connectivity index (χ0n) is 13.2. The maximum absolute atomic E-state index is 14.0. The van der Waals surface area contributed by atoms with Crippen LogP contribution in [0.5, 0.6) is 0 Å². The van der Waals surface area contributed by atoms with Gasteiger partial charge in [-0.3, -0.25) is 15.0 Å². The highest BCUT2D eigenvalue weighted by molar-refractivity contribution is 5.88. The molecule has 1 aromatic carbocycles. The SMILES string of the molecule is Cc1c(F)cccc1[C@@]1(C(=O)NO)CCC(c2cncc(F)c2)C1. The van der Waals surface area contributed by atoms with Gasteiger partial charge in [0.1, 0.15) is 11.6 Å². The molecule has 6 heteroatoms. The molecular formula is C18H18F2N2O2. The molecule has 1 aliphatic rings. The molecule has 1 fully saturated rings. The number of carbonyl (C=O) groups excluding carboxylic acids is 1. The lowest BCUT2D eigenvalue weighted by molar-refractivity contribution is -0.135. The first-order valence-corrected chi connectivity index (χ1v) is 7.78. The van der Waals surface area contributed by atoms with Crippen molar-refractivity contribution in [3.05, 3.63) is 65.0 Å². The van der Waals surface area contributed by atoms with Crippen LogP contribution in [0.3, 0.4) is 0 Å². The number of aromatic nitrogens is 1. The van der Waals surface area contributed by atoms with E-state index in [0.717, 1.165) is 6.20 Å². The summed E-state index contributed by atoms with van der Waals surface area (Å²) in [5, 5.41) is 9.22. The summed E-state index contributed by atoms with van der Waals surface area (Å²) in [6.45, 7) is 1.62. The largest absolute Gasteiger partial charge is 0.289 e. The predicted molar refractivity (Wildman–Crippen MR) is 83.5 cm³/mol. The fourth-order valence-corrected chi connectivity index (χ4v) is 3.79. The normalized spacial score (nSPS) is 23.2. The van der Waals surface area contributed by atoms with Crippen molar-refractivity contribution in [2.45, 2.75) is 37.5 Å². The maximum Gasteiger partial charge on any atom is 0.254 e. The van der Waals surface area contributed by atoms with Crippen LogP contribution in [0.2, 0.25) is 0 Å². The molecule has 1 aromatic heterocycles. The van der Waals surface area contributed by atoms with Crippen LogP contribution < -0.4 is 5.48 Å². The molecule has 0 spiro atoms. The molecule has 1 heterocycles. The first-order chi connectivity index (χ1) is 11.5. The Hall–Kier alpha value is -2.34. The Kier molecular flexibility index (Phi) is 4.32. The molecule has 1 unspecified atom stereocenters. The van der Waals surface area contributed by atoms with E-state index in [9.17, 15) is 18.8 Å². The number of hydroxylamine groups is 1. The van der Waals surface area contributed by atoms with Crippen LogP contribution in [0.15, 0.2) is 36.7 Å². The Morgan fingerprint density at radius 2 is 2.17 bits per heavy atom. The second-order valence-corrected chi connectivity index (χ2v) is 6.31. The number of nitrogens with zero attached hydrogens (tertiary/aromatic N) is 1. The highest BCUT2D eigenvalue weighted by atomic mass is 19.1. The second-order valence-electron chi connectivity index (χ2n) is 6.31. The van der Waals surface area contributed by atoms with Crippen molar-refractivity contribution < 1.29 is 18.8 Å². The molecule has 1 saturated carbocycles. The lowest BCUT2D eigenvalue weighted by atomic mass is 9.75. The van der Waals surface area contributed by atoms with E-state index in [4.69, 9.17) is 0 Å². The van der Waals surface area contributed by atoms with Gasteiger partial charge in [0.25, 0.3) is 5.91 Å². The number of rotatable bonds is 3. The fourth-order valence-electron chi connectivity index (χ4n) is 3.79. The van der Waals surface area contributed by atoms with Gasteiger partial charge >= 0.3 is 0 Å². The summed E-state index contributed by atoms with van der Waals surface area (Å²) in [5.74, 6) is -1.48. The van der Waals surface area contributed by atoms with E-state index in [-0.39, 0.29) is 5.92 Å². The van der Waals surface area contributed by atoms with Crippen molar-refractivity contribution in [2.75, 3.05) is 0 Å². The van der Waals surface area contributed by atoms with Crippen molar-refractivity contribution in [2.24, 2.45) is 0 Å². The van der Waals surface area contributed by atoms with Gasteiger partial charge < -0.3 is 0 Å². The number of pyridine rings is 1. The molecule has 4 nitrogen and oxygen atoms in total. The lowest BCUT2D eigenvalue weighted by Gasteiger charge is -2.29. The Labute approximate surface area is 138 Å². The fraction of sp³-hybridized carbons (Fsp3) is 0.333. The second kappa shape index (κ2) is 6.28. The van der Waals surface area contributed by atoms with Gasteiger partial charge in [0.2, 0.25) is 0 Å². The third-order valence-electron chi connectivity index (χ3n) is 5.03. The standard InChI is InChI=1S/C18H18F2N2O2/c1-11-15(3-2-4-16(11)20)18(17(23)22-24)6-5-12(8-18)13-7-14(19)10-21-9-13/h2-4,7,9-10,12,24H,5-6,8H2,1H3,(H,22,23)/t12?,18-/m1/s1. The summed E-state index contributed by atoms with van der Waals surface area (Å²) < 4.78 is 27.4. The molecule has 2 aromatic rings. The van der Waals surface area contributed by atoms with Gasteiger partial charge in [-0.1, -0.05) is 12.1 Å². The van der Waals surface area contributed by atoms with Crippen LogP contribution in [0.1, 0.15) is 41.9 Å². The number of hydrogen-bond donors (Lipinski definition) is 2. The van der Waals surface area contributed by atoms with Gasteiger partial charge in [-0.15, -0.1) is 0 Å². The van der Waals surface area contributed by atoms with E-state index >= 15 is 0 Å². The van der Waals surface area contributed by atoms with E-state index in [1.165, 1.54) is 12.1 Å². The molecule has 0 radical (unpaired) electrons. The Balaban J connectivity index is 2.03. The summed E-state index contributed by atoms with van der Waals surface area (Å²) in [7, 11) is 0. The Bertz CT molecular complexity index is 781. The number of halogens is 2. The molecule has 0 saturated heterocycles. The molecule has 2 N–H and O–H groups in total. The van der Waals surface area contributed by atoms with Crippen LogP contribution in [0, 0.1) is 18.6 Å². The van der Waals surface area contributed by atoms with Crippen molar-refractivity contribution >= 4 is 5.91 Å². The zero-order chi connectivity index (χ0) is 17.3. The van der Waals surface area contributed by atoms with Gasteiger partial charge in [0.05, 0.1) is 11.6 Å². The molecular weight excluding hydrogens is 314 g/mol. The third kappa shape index (κ3) is 2.67. The summed E-state index contributed by atoms with van der Waals surface area (Å²) in [4.78, 5) is 16.3. The van der Waals surface area contributed by atoms with E-state index < -0.39 is 23.0 Å². The van der Waals surface area contributed by atoms with Gasteiger partial charge in [-0.05, 0) is 60.9 Å². The minimum absolute atomic E-state index is 0.0897. The van der Waals surface area contributed by atoms with Crippen LogP contribution in [-0.2, 0) is 10.2 Å². The predicted octanol–water partition coefficient (Wildman–Crippen LogP) is 3.38. The first-order valence-electron chi connectivity index (χ1n) is 7.78. The highest BCUT2D eigenvalue weighted by Gasteiger charge is 2.48. The number of amides is 1. The number of benzene rings is 1. The minimum atomic E-state index is -1.04. The quantitative estimate of drug-likeness (QED) is 0.669. The van der Waals surface area contributed by atoms with E-state index in [0.29, 0.717) is 36.0 Å². The van der Waals surface area contributed by atoms with E-state index in [2.05, 4.69) is 4.98 Å². The molecule has 2 atom stereocenters. The zero-order valence-corrected chi connectivity index (χ0v) is 13.2.